The normalized spacial score (nSPS) is 13.3. The summed E-state index contributed by atoms with van der Waals surface area (Å²) in [5.74, 6) is 0.388. The molecule has 18 heavy (non-hydrogen) atoms. The van der Waals surface area contributed by atoms with Gasteiger partial charge in [0, 0.05) is 19.1 Å². The quantitative estimate of drug-likeness (QED) is 0.866. The summed E-state index contributed by atoms with van der Waals surface area (Å²) in [6.07, 6.45) is 0. The van der Waals surface area contributed by atoms with Crippen molar-refractivity contribution in [3.05, 3.63) is 34.1 Å². The molecule has 0 fully saturated rings. The highest BCUT2D eigenvalue weighted by Gasteiger charge is 2.14. The first-order valence-corrected chi connectivity index (χ1v) is 7.02. The highest BCUT2D eigenvalue weighted by atomic mass is 79.9. The summed E-state index contributed by atoms with van der Waals surface area (Å²) in [6.45, 7) is 6.14. The Morgan fingerprint density at radius 2 is 2.00 bits per heavy atom. The molecule has 0 spiro atoms. The highest BCUT2D eigenvalue weighted by Crippen LogP contribution is 2.16. The van der Waals surface area contributed by atoms with Gasteiger partial charge in [-0.05, 0) is 53.6 Å². The van der Waals surface area contributed by atoms with Crippen LogP contribution in [0.3, 0.4) is 0 Å². The van der Waals surface area contributed by atoms with Crippen molar-refractivity contribution in [3.63, 3.8) is 0 Å². The third-order valence-corrected chi connectivity index (χ3v) is 3.71. The number of hydrogen-bond donors (Lipinski definition) is 1. The van der Waals surface area contributed by atoms with Crippen LogP contribution >= 0.6 is 15.9 Å². The molecule has 1 aromatic carbocycles. The van der Waals surface area contributed by atoms with Crippen LogP contribution in [-0.2, 0) is 6.54 Å². The molecule has 102 valence electrons. The number of halogens is 2. The van der Waals surface area contributed by atoms with Gasteiger partial charge in [-0.2, -0.15) is 0 Å². The minimum Gasteiger partial charge on any atom is -0.311 e. The second kappa shape index (κ2) is 7.22. The van der Waals surface area contributed by atoms with Gasteiger partial charge in [0.2, 0.25) is 0 Å². The molecule has 2 nitrogen and oxygen atoms in total. The molecule has 0 aliphatic heterocycles. The van der Waals surface area contributed by atoms with Crippen molar-refractivity contribution in [2.24, 2.45) is 5.92 Å². The number of hydrogen-bond acceptors (Lipinski definition) is 2. The van der Waals surface area contributed by atoms with Crippen LogP contribution in [0.4, 0.5) is 4.39 Å². The van der Waals surface area contributed by atoms with Crippen LogP contribution in [0.1, 0.15) is 19.4 Å². The van der Waals surface area contributed by atoms with Gasteiger partial charge in [-0.1, -0.05) is 19.9 Å². The van der Waals surface area contributed by atoms with Gasteiger partial charge in [0.1, 0.15) is 5.82 Å². The zero-order chi connectivity index (χ0) is 13.7. The first-order valence-electron chi connectivity index (χ1n) is 6.23. The Bertz CT molecular complexity index is 372. The fourth-order valence-corrected chi connectivity index (χ4v) is 2.45. The molecule has 0 aliphatic carbocycles. The Labute approximate surface area is 118 Å². The van der Waals surface area contributed by atoms with Crippen LogP contribution in [0.2, 0.25) is 0 Å². The Morgan fingerprint density at radius 3 is 2.50 bits per heavy atom. The number of nitrogens with one attached hydrogen (secondary N) is 1. The maximum atomic E-state index is 13.1. The van der Waals surface area contributed by atoms with Crippen molar-refractivity contribution >= 4 is 15.9 Å². The van der Waals surface area contributed by atoms with Crippen molar-refractivity contribution < 1.29 is 4.39 Å². The van der Waals surface area contributed by atoms with E-state index in [0.717, 1.165) is 18.7 Å². The van der Waals surface area contributed by atoms with Crippen molar-refractivity contribution in [1.82, 2.24) is 10.2 Å². The second-order valence-corrected chi connectivity index (χ2v) is 6.01. The van der Waals surface area contributed by atoms with Crippen LogP contribution in [0, 0.1) is 11.7 Å². The van der Waals surface area contributed by atoms with Crippen molar-refractivity contribution in [1.29, 1.82) is 0 Å². The van der Waals surface area contributed by atoms with Crippen LogP contribution in [0.15, 0.2) is 22.7 Å². The Hall–Kier alpha value is -0.450. The third-order valence-electron chi connectivity index (χ3n) is 3.10. The van der Waals surface area contributed by atoms with E-state index in [1.807, 2.05) is 12.1 Å². The van der Waals surface area contributed by atoms with E-state index in [4.69, 9.17) is 0 Å². The largest absolute Gasteiger partial charge is 0.311 e. The SMILES string of the molecule is CC(C)C(CNCc1ccc(F)c(Br)c1)N(C)C. The highest BCUT2D eigenvalue weighted by molar-refractivity contribution is 9.10. The maximum absolute atomic E-state index is 13.1. The summed E-state index contributed by atoms with van der Waals surface area (Å²) in [4.78, 5) is 2.23. The van der Waals surface area contributed by atoms with E-state index < -0.39 is 0 Å². The average molecular weight is 317 g/mol. The van der Waals surface area contributed by atoms with Crippen molar-refractivity contribution in [2.45, 2.75) is 26.4 Å². The average Bonchev–Trinajstić information content (AvgIpc) is 2.28. The molecule has 1 aromatic rings. The van der Waals surface area contributed by atoms with Gasteiger partial charge in [-0.15, -0.1) is 0 Å². The van der Waals surface area contributed by atoms with E-state index in [1.54, 1.807) is 0 Å². The molecule has 1 unspecified atom stereocenters. The van der Waals surface area contributed by atoms with E-state index in [0.29, 0.717) is 16.4 Å². The van der Waals surface area contributed by atoms with Crippen molar-refractivity contribution in [2.75, 3.05) is 20.6 Å². The van der Waals surface area contributed by atoms with Gasteiger partial charge in [-0.25, -0.2) is 4.39 Å². The molecule has 4 heteroatoms. The minimum absolute atomic E-state index is 0.216. The Morgan fingerprint density at radius 1 is 1.33 bits per heavy atom. The Kier molecular flexibility index (Phi) is 6.26. The van der Waals surface area contributed by atoms with Gasteiger partial charge in [0.05, 0.1) is 4.47 Å². The predicted octanol–water partition coefficient (Wildman–Crippen LogP) is 3.26. The monoisotopic (exact) mass is 316 g/mol. The zero-order valence-corrected chi connectivity index (χ0v) is 13.1. The van der Waals surface area contributed by atoms with E-state index in [-0.39, 0.29) is 5.82 Å². The van der Waals surface area contributed by atoms with E-state index in [1.165, 1.54) is 6.07 Å². The molecule has 0 bridgehead atoms. The van der Waals surface area contributed by atoms with Gasteiger partial charge in [0.15, 0.2) is 0 Å². The zero-order valence-electron chi connectivity index (χ0n) is 11.5. The predicted molar refractivity (Wildman–Crippen MR) is 78.1 cm³/mol. The summed E-state index contributed by atoms with van der Waals surface area (Å²) in [6, 6.07) is 5.64. The van der Waals surface area contributed by atoms with Crippen LogP contribution < -0.4 is 5.32 Å². The number of likely N-dealkylation sites (N-methyl/N-ethyl adjacent to an activating group) is 1. The molecule has 1 rings (SSSR count). The van der Waals surface area contributed by atoms with E-state index in [9.17, 15) is 4.39 Å². The van der Waals surface area contributed by atoms with Crippen LogP contribution in [0.25, 0.3) is 0 Å². The number of nitrogens with zero attached hydrogens (tertiary/aromatic N) is 1. The fourth-order valence-electron chi connectivity index (χ4n) is 2.03. The molecular weight excluding hydrogens is 295 g/mol. The molecule has 1 atom stereocenters. The number of benzene rings is 1. The summed E-state index contributed by atoms with van der Waals surface area (Å²) in [7, 11) is 4.20. The lowest BCUT2D eigenvalue weighted by Crippen LogP contribution is -2.41. The van der Waals surface area contributed by atoms with Gasteiger partial charge in [0.25, 0.3) is 0 Å². The third kappa shape index (κ3) is 4.67. The molecule has 0 saturated heterocycles. The lowest BCUT2D eigenvalue weighted by molar-refractivity contribution is 0.224. The molecule has 0 amide bonds. The molecule has 1 N–H and O–H groups in total. The first-order chi connectivity index (χ1) is 8.41. The summed E-state index contributed by atoms with van der Waals surface area (Å²) >= 11 is 3.20. The first kappa shape index (κ1) is 15.6. The lowest BCUT2D eigenvalue weighted by Gasteiger charge is -2.28. The molecule has 0 radical (unpaired) electrons. The smallest absolute Gasteiger partial charge is 0.137 e. The summed E-state index contributed by atoms with van der Waals surface area (Å²) < 4.78 is 13.6. The Balaban J connectivity index is 2.47. The standard InChI is InChI=1S/C14H22BrFN2/c1-10(2)14(18(3)4)9-17-8-11-5-6-13(16)12(15)7-11/h5-7,10,14,17H,8-9H2,1-4H3. The molecule has 0 saturated carbocycles. The summed E-state index contributed by atoms with van der Waals surface area (Å²) in [5, 5.41) is 3.43. The minimum atomic E-state index is -0.216. The molecular formula is C14H22BrFN2. The van der Waals surface area contributed by atoms with Crippen LogP contribution in [-0.4, -0.2) is 31.6 Å². The van der Waals surface area contributed by atoms with Crippen LogP contribution in [0.5, 0.6) is 0 Å². The molecule has 0 aliphatic rings. The maximum Gasteiger partial charge on any atom is 0.137 e. The van der Waals surface area contributed by atoms with E-state index in [2.05, 4.69) is 54.1 Å². The molecule has 0 heterocycles. The summed E-state index contributed by atoms with van der Waals surface area (Å²) in [5.41, 5.74) is 1.09. The van der Waals surface area contributed by atoms with Gasteiger partial charge >= 0.3 is 0 Å². The van der Waals surface area contributed by atoms with Crippen molar-refractivity contribution in [3.8, 4) is 0 Å². The topological polar surface area (TPSA) is 15.3 Å². The van der Waals surface area contributed by atoms with E-state index >= 15 is 0 Å². The molecule has 0 aromatic heterocycles. The van der Waals surface area contributed by atoms with Gasteiger partial charge in [-0.3, -0.25) is 0 Å². The lowest BCUT2D eigenvalue weighted by atomic mass is 10.0. The van der Waals surface area contributed by atoms with Gasteiger partial charge < -0.3 is 10.2 Å². The second-order valence-electron chi connectivity index (χ2n) is 5.15. The number of rotatable bonds is 6. The fraction of sp³-hybridized carbons (Fsp3) is 0.571.